The Labute approximate surface area is 237 Å². The molecular weight excluding hydrogens is 530 g/mol. The largest absolute Gasteiger partial charge is 0.493 e. The first kappa shape index (κ1) is 30.3. The number of anilines is 1. The molecule has 0 heterocycles. The maximum absolute atomic E-state index is 12.8. The molecule has 0 saturated heterocycles. The zero-order chi connectivity index (χ0) is 28.5. The number of benzene rings is 3. The third-order valence-corrected chi connectivity index (χ3v) is 8.04. The van der Waals surface area contributed by atoms with E-state index in [-0.39, 0.29) is 15.9 Å². The minimum atomic E-state index is -3.64. The van der Waals surface area contributed by atoms with E-state index in [0.29, 0.717) is 38.1 Å². The molecule has 0 bridgehead atoms. The summed E-state index contributed by atoms with van der Waals surface area (Å²) in [6.45, 7) is 8.59. The molecule has 1 amide bonds. The van der Waals surface area contributed by atoms with E-state index in [1.54, 1.807) is 12.1 Å². The molecule has 0 fully saturated rings. The summed E-state index contributed by atoms with van der Waals surface area (Å²) >= 11 is 5.32. The van der Waals surface area contributed by atoms with E-state index in [1.807, 2.05) is 76.2 Å². The number of aryl methyl sites for hydroxylation is 2. The van der Waals surface area contributed by atoms with Crippen molar-refractivity contribution >= 4 is 38.9 Å². The fourth-order valence-electron chi connectivity index (χ4n) is 3.88. The van der Waals surface area contributed by atoms with Crippen LogP contribution in [-0.2, 0) is 21.2 Å². The normalized spacial score (nSPS) is 11.6. The highest BCUT2D eigenvalue weighted by molar-refractivity contribution is 7.89. The Morgan fingerprint density at radius 2 is 1.67 bits per heavy atom. The first-order chi connectivity index (χ1) is 18.5. The summed E-state index contributed by atoms with van der Waals surface area (Å²) in [6, 6.07) is 22.0. The summed E-state index contributed by atoms with van der Waals surface area (Å²) in [5, 5.41) is 5.84. The second kappa shape index (κ2) is 13.7. The Kier molecular flexibility index (Phi) is 10.6. The Bertz CT molecular complexity index is 1370. The third-order valence-electron chi connectivity index (χ3n) is 6.36. The predicted octanol–water partition coefficient (Wildman–Crippen LogP) is 5.52. The molecule has 0 atom stereocenters. The van der Waals surface area contributed by atoms with Gasteiger partial charge in [-0.05, 0) is 92.4 Å². The van der Waals surface area contributed by atoms with E-state index in [0.717, 1.165) is 22.4 Å². The van der Waals surface area contributed by atoms with Crippen LogP contribution in [0.5, 0.6) is 5.75 Å². The van der Waals surface area contributed by atoms with Crippen molar-refractivity contribution in [3.05, 3.63) is 89.5 Å². The van der Waals surface area contributed by atoms with Gasteiger partial charge in [-0.25, -0.2) is 13.1 Å². The maximum Gasteiger partial charge on any atom is 0.240 e. The SMILES string of the molecule is Cc1ccc(C)c(OCCCC(C)(C)C(=O)NC(=S)Nc2ccc(S(=O)(=O)NCCc3ccccc3)cc2)c1. The Morgan fingerprint density at radius 1 is 0.974 bits per heavy atom. The number of carbonyl (C=O) groups excluding carboxylic acids is 1. The van der Waals surface area contributed by atoms with Gasteiger partial charge in [-0.2, -0.15) is 0 Å². The van der Waals surface area contributed by atoms with Gasteiger partial charge in [0.15, 0.2) is 5.11 Å². The summed E-state index contributed by atoms with van der Waals surface area (Å²) in [7, 11) is -3.64. The number of carbonyl (C=O) groups is 1. The van der Waals surface area contributed by atoms with E-state index in [4.69, 9.17) is 17.0 Å². The number of hydrogen-bond acceptors (Lipinski definition) is 5. The number of amides is 1. The topological polar surface area (TPSA) is 96.5 Å². The zero-order valence-corrected chi connectivity index (χ0v) is 24.5. The van der Waals surface area contributed by atoms with Crippen molar-refractivity contribution in [2.75, 3.05) is 18.5 Å². The fraction of sp³-hybridized carbons (Fsp3) is 0.333. The van der Waals surface area contributed by atoms with E-state index in [1.165, 1.54) is 12.1 Å². The molecule has 0 aliphatic rings. The minimum absolute atomic E-state index is 0.149. The van der Waals surface area contributed by atoms with Crippen LogP contribution in [-0.4, -0.2) is 32.6 Å². The van der Waals surface area contributed by atoms with Crippen molar-refractivity contribution < 1.29 is 17.9 Å². The highest BCUT2D eigenvalue weighted by atomic mass is 32.2. The first-order valence-electron chi connectivity index (χ1n) is 12.9. The van der Waals surface area contributed by atoms with Crippen LogP contribution in [0.15, 0.2) is 77.7 Å². The molecule has 9 heteroatoms. The van der Waals surface area contributed by atoms with E-state index >= 15 is 0 Å². The molecule has 7 nitrogen and oxygen atoms in total. The summed E-state index contributed by atoms with van der Waals surface area (Å²) in [5.74, 6) is 0.665. The molecule has 39 heavy (non-hydrogen) atoms. The molecule has 3 aromatic rings. The first-order valence-corrected chi connectivity index (χ1v) is 14.8. The average molecular weight is 568 g/mol. The predicted molar refractivity (Wildman–Crippen MR) is 161 cm³/mol. The molecule has 0 saturated carbocycles. The lowest BCUT2D eigenvalue weighted by atomic mass is 9.87. The van der Waals surface area contributed by atoms with Crippen molar-refractivity contribution in [3.63, 3.8) is 0 Å². The summed E-state index contributed by atoms with van der Waals surface area (Å²) in [5.41, 5.74) is 3.20. The number of sulfonamides is 1. The van der Waals surface area contributed by atoms with Gasteiger partial charge in [0.1, 0.15) is 5.75 Å². The molecule has 0 aliphatic carbocycles. The average Bonchev–Trinajstić information content (AvgIpc) is 2.89. The number of rotatable bonds is 12. The fourth-order valence-corrected chi connectivity index (χ4v) is 5.12. The van der Waals surface area contributed by atoms with Gasteiger partial charge in [-0.3, -0.25) is 4.79 Å². The molecule has 0 spiro atoms. The number of ether oxygens (including phenoxy) is 1. The molecule has 3 N–H and O–H groups in total. The third kappa shape index (κ3) is 9.45. The van der Waals surface area contributed by atoms with Crippen LogP contribution in [0.2, 0.25) is 0 Å². The molecule has 208 valence electrons. The van der Waals surface area contributed by atoms with Crippen LogP contribution < -0.4 is 20.1 Å². The lowest BCUT2D eigenvalue weighted by Gasteiger charge is -2.24. The summed E-state index contributed by atoms with van der Waals surface area (Å²) in [6.07, 6.45) is 1.93. The van der Waals surface area contributed by atoms with Crippen LogP contribution in [0.25, 0.3) is 0 Å². The molecule has 0 aliphatic heterocycles. The van der Waals surface area contributed by atoms with Crippen molar-refractivity contribution in [1.29, 1.82) is 0 Å². The van der Waals surface area contributed by atoms with Crippen molar-refractivity contribution in [2.24, 2.45) is 5.41 Å². The van der Waals surface area contributed by atoms with Crippen molar-refractivity contribution in [1.82, 2.24) is 10.0 Å². The van der Waals surface area contributed by atoms with E-state index < -0.39 is 15.4 Å². The molecule has 0 unspecified atom stereocenters. The van der Waals surface area contributed by atoms with Gasteiger partial charge >= 0.3 is 0 Å². The second-order valence-corrected chi connectivity index (χ2v) is 12.3. The Hall–Kier alpha value is -3.27. The molecular formula is C30H37N3O4S2. The van der Waals surface area contributed by atoms with E-state index in [9.17, 15) is 13.2 Å². The summed E-state index contributed by atoms with van der Waals surface area (Å²) in [4.78, 5) is 13.0. The minimum Gasteiger partial charge on any atom is -0.493 e. The summed E-state index contributed by atoms with van der Waals surface area (Å²) < 4.78 is 33.8. The quantitative estimate of drug-likeness (QED) is 0.197. The monoisotopic (exact) mass is 567 g/mol. The smallest absolute Gasteiger partial charge is 0.240 e. The van der Waals surface area contributed by atoms with Gasteiger partial charge in [0.05, 0.1) is 11.5 Å². The van der Waals surface area contributed by atoms with Crippen LogP contribution in [0.3, 0.4) is 0 Å². The molecule has 0 aromatic heterocycles. The van der Waals surface area contributed by atoms with Gasteiger partial charge in [0, 0.05) is 17.6 Å². The van der Waals surface area contributed by atoms with Gasteiger partial charge in [-0.1, -0.05) is 56.3 Å². The molecule has 3 aromatic carbocycles. The number of hydrogen-bond donors (Lipinski definition) is 3. The second-order valence-electron chi connectivity index (χ2n) is 10.2. The van der Waals surface area contributed by atoms with Crippen LogP contribution >= 0.6 is 12.2 Å². The van der Waals surface area contributed by atoms with Gasteiger partial charge < -0.3 is 15.4 Å². The molecule has 3 rings (SSSR count). The standard InChI is InChI=1S/C30H37N3O4S2/c1-22-11-12-23(2)27(21-22)37-20-8-18-30(3,4)28(34)33-29(38)32-25-13-15-26(16-14-25)39(35,36)31-19-17-24-9-6-5-7-10-24/h5-7,9-16,21,31H,8,17-20H2,1-4H3,(H2,32,33,34,38). The Balaban J connectivity index is 1.44. The van der Waals surface area contributed by atoms with E-state index in [2.05, 4.69) is 15.4 Å². The highest BCUT2D eigenvalue weighted by Gasteiger charge is 2.28. The van der Waals surface area contributed by atoms with Gasteiger partial charge in [-0.15, -0.1) is 0 Å². The van der Waals surface area contributed by atoms with Crippen LogP contribution in [0.4, 0.5) is 5.69 Å². The van der Waals surface area contributed by atoms with Gasteiger partial charge in [0.25, 0.3) is 0 Å². The van der Waals surface area contributed by atoms with Gasteiger partial charge in [0.2, 0.25) is 15.9 Å². The number of thiocarbonyl (C=S) groups is 1. The maximum atomic E-state index is 12.8. The lowest BCUT2D eigenvalue weighted by Crippen LogP contribution is -2.42. The van der Waals surface area contributed by atoms with Crippen molar-refractivity contribution in [3.8, 4) is 5.75 Å². The van der Waals surface area contributed by atoms with Crippen LogP contribution in [0, 0.1) is 19.3 Å². The van der Waals surface area contributed by atoms with Crippen LogP contribution in [0.1, 0.15) is 43.4 Å². The zero-order valence-electron chi connectivity index (χ0n) is 22.9. The number of nitrogens with one attached hydrogen (secondary N) is 3. The van der Waals surface area contributed by atoms with Crippen molar-refractivity contribution in [2.45, 2.75) is 51.9 Å². The molecule has 0 radical (unpaired) electrons. The Morgan fingerprint density at radius 3 is 2.36 bits per heavy atom. The lowest BCUT2D eigenvalue weighted by molar-refractivity contribution is -0.128. The highest BCUT2D eigenvalue weighted by Crippen LogP contribution is 2.24.